The lowest BCUT2D eigenvalue weighted by atomic mass is 10.0. The van der Waals surface area contributed by atoms with E-state index in [1.807, 2.05) is 24.4 Å². The Hall–Kier alpha value is -3.85. The molecule has 0 unspecified atom stereocenters. The van der Waals surface area contributed by atoms with Crippen LogP contribution < -0.4 is 11.1 Å². The Bertz CT molecular complexity index is 1080. The second-order valence-electron chi connectivity index (χ2n) is 5.79. The van der Waals surface area contributed by atoms with Gasteiger partial charge in [-0.25, -0.2) is 4.98 Å². The second-order valence-corrected chi connectivity index (χ2v) is 5.79. The molecule has 0 atom stereocenters. The first-order valence-corrected chi connectivity index (χ1v) is 8.01. The van der Waals surface area contributed by atoms with Crippen molar-refractivity contribution in [3.63, 3.8) is 0 Å². The highest BCUT2D eigenvalue weighted by Gasteiger charge is 2.12. The normalized spacial score (nSPS) is 11.5. The molecule has 0 amide bonds. The minimum Gasteiger partial charge on any atom is -0.508 e. The highest BCUT2D eigenvalue weighted by molar-refractivity contribution is 5.88. The number of benzene rings is 2. The largest absolute Gasteiger partial charge is 0.508 e. The van der Waals surface area contributed by atoms with Crippen LogP contribution in [0.1, 0.15) is 22.3 Å². The van der Waals surface area contributed by atoms with Gasteiger partial charge in [-0.1, -0.05) is 17.9 Å². The maximum atomic E-state index is 9.58. The summed E-state index contributed by atoms with van der Waals surface area (Å²) < 4.78 is 0. The first-order chi connectivity index (χ1) is 12.7. The molecule has 6 nitrogen and oxygen atoms in total. The Morgan fingerprint density at radius 2 is 2.04 bits per heavy atom. The maximum Gasteiger partial charge on any atom is 0.221 e. The third-order valence-corrected chi connectivity index (χ3v) is 3.90. The third kappa shape index (κ3) is 3.32. The van der Waals surface area contributed by atoms with Gasteiger partial charge < -0.3 is 16.2 Å². The van der Waals surface area contributed by atoms with Crippen molar-refractivity contribution in [1.29, 1.82) is 0 Å². The third-order valence-electron chi connectivity index (χ3n) is 3.90. The maximum absolute atomic E-state index is 9.58. The van der Waals surface area contributed by atoms with Crippen LogP contribution in [0, 0.1) is 11.8 Å². The number of rotatable bonds is 2. The van der Waals surface area contributed by atoms with Gasteiger partial charge in [0, 0.05) is 34.8 Å². The Morgan fingerprint density at radius 1 is 1.12 bits per heavy atom. The quantitative estimate of drug-likeness (QED) is 0.623. The number of aliphatic imine (C=N–C) groups is 1. The summed E-state index contributed by atoms with van der Waals surface area (Å²) in [4.78, 5) is 12.4. The molecule has 1 aromatic heterocycles. The Labute approximate surface area is 150 Å². The zero-order valence-electron chi connectivity index (χ0n) is 13.8. The van der Waals surface area contributed by atoms with E-state index in [0.29, 0.717) is 12.4 Å². The molecular weight excluding hydrogens is 326 g/mol. The van der Waals surface area contributed by atoms with E-state index in [2.05, 4.69) is 32.1 Å². The first kappa shape index (κ1) is 15.7. The summed E-state index contributed by atoms with van der Waals surface area (Å²) >= 11 is 0. The monoisotopic (exact) mass is 341 g/mol. The van der Waals surface area contributed by atoms with Crippen LogP contribution in [-0.4, -0.2) is 21.3 Å². The summed E-state index contributed by atoms with van der Waals surface area (Å²) in [7, 11) is 0. The lowest BCUT2D eigenvalue weighted by molar-refractivity contribution is 0.475. The molecule has 0 radical (unpaired) electrons. The van der Waals surface area contributed by atoms with Crippen LogP contribution in [0.2, 0.25) is 0 Å². The van der Waals surface area contributed by atoms with Crippen molar-refractivity contribution in [3.05, 3.63) is 70.9 Å². The standard InChI is InChI=1S/C20H15N5O/c21-20-23-7-6-19(25-20)24-16-9-14(18-12-22-11-15(18)10-16)5-4-13-2-1-3-17(26)8-13/h1-3,6-11,26H,12H2,(H3,21,23,24,25). The topological polar surface area (TPSA) is 96.4 Å². The number of phenolic OH excluding ortho intramolecular Hbond substituents is 1. The Kier molecular flexibility index (Phi) is 3.96. The van der Waals surface area contributed by atoms with Gasteiger partial charge in [0.2, 0.25) is 5.95 Å². The highest BCUT2D eigenvalue weighted by atomic mass is 16.3. The summed E-state index contributed by atoms with van der Waals surface area (Å²) in [5.41, 5.74) is 10.2. The van der Waals surface area contributed by atoms with Crippen molar-refractivity contribution in [2.24, 2.45) is 4.99 Å². The van der Waals surface area contributed by atoms with E-state index >= 15 is 0 Å². The number of hydrogen-bond acceptors (Lipinski definition) is 6. The van der Waals surface area contributed by atoms with Crippen molar-refractivity contribution < 1.29 is 5.11 Å². The van der Waals surface area contributed by atoms with Crippen molar-refractivity contribution in [1.82, 2.24) is 9.97 Å². The average molecular weight is 341 g/mol. The lowest BCUT2D eigenvalue weighted by Gasteiger charge is -2.09. The number of nitrogen functional groups attached to an aromatic ring is 1. The van der Waals surface area contributed by atoms with E-state index in [0.717, 1.165) is 27.9 Å². The molecule has 0 saturated carbocycles. The number of hydrogen-bond donors (Lipinski definition) is 3. The minimum absolute atomic E-state index is 0.196. The van der Waals surface area contributed by atoms with Gasteiger partial charge in [0.1, 0.15) is 11.6 Å². The number of nitrogens with two attached hydrogens (primary N) is 1. The van der Waals surface area contributed by atoms with E-state index < -0.39 is 0 Å². The van der Waals surface area contributed by atoms with Crippen LogP contribution in [0.4, 0.5) is 17.5 Å². The van der Waals surface area contributed by atoms with Gasteiger partial charge >= 0.3 is 0 Å². The van der Waals surface area contributed by atoms with Crippen LogP contribution in [-0.2, 0) is 6.54 Å². The van der Waals surface area contributed by atoms with Crippen molar-refractivity contribution in [2.45, 2.75) is 6.54 Å². The molecule has 0 aliphatic carbocycles. The molecule has 6 heteroatoms. The second kappa shape index (κ2) is 6.57. The smallest absolute Gasteiger partial charge is 0.221 e. The number of nitrogens with one attached hydrogen (secondary N) is 1. The summed E-state index contributed by atoms with van der Waals surface area (Å²) in [6.45, 7) is 0.611. The van der Waals surface area contributed by atoms with E-state index in [1.54, 1.807) is 30.5 Å². The Balaban J connectivity index is 1.70. The molecule has 4 N–H and O–H groups in total. The van der Waals surface area contributed by atoms with Gasteiger partial charge in [-0.2, -0.15) is 4.98 Å². The minimum atomic E-state index is 0.196. The number of anilines is 3. The molecule has 3 aromatic rings. The summed E-state index contributed by atoms with van der Waals surface area (Å²) in [6.07, 6.45) is 3.44. The van der Waals surface area contributed by atoms with Crippen LogP contribution in [0.3, 0.4) is 0 Å². The van der Waals surface area contributed by atoms with Gasteiger partial charge in [-0.3, -0.25) is 4.99 Å². The van der Waals surface area contributed by atoms with E-state index in [1.165, 1.54) is 0 Å². The summed E-state index contributed by atoms with van der Waals surface area (Å²) in [5.74, 6) is 7.30. The fourth-order valence-corrected chi connectivity index (χ4v) is 2.72. The van der Waals surface area contributed by atoms with E-state index in [9.17, 15) is 5.11 Å². The first-order valence-electron chi connectivity index (χ1n) is 8.01. The van der Waals surface area contributed by atoms with Crippen LogP contribution in [0.15, 0.2) is 53.7 Å². The molecule has 1 aliphatic heterocycles. The van der Waals surface area contributed by atoms with Gasteiger partial charge in [0.15, 0.2) is 0 Å². The van der Waals surface area contributed by atoms with Crippen LogP contribution in [0.5, 0.6) is 5.75 Å². The number of nitrogens with zero attached hydrogens (tertiary/aromatic N) is 3. The molecule has 0 saturated heterocycles. The number of phenols is 1. The molecular formula is C20H15N5O. The van der Waals surface area contributed by atoms with Crippen molar-refractivity contribution in [2.75, 3.05) is 11.1 Å². The van der Waals surface area contributed by atoms with Crippen LogP contribution in [0.25, 0.3) is 0 Å². The van der Waals surface area contributed by atoms with Crippen molar-refractivity contribution >= 4 is 23.7 Å². The molecule has 4 rings (SSSR count). The van der Waals surface area contributed by atoms with E-state index in [4.69, 9.17) is 5.73 Å². The summed E-state index contributed by atoms with van der Waals surface area (Å²) in [6, 6.07) is 12.6. The zero-order valence-corrected chi connectivity index (χ0v) is 13.8. The van der Waals surface area contributed by atoms with Gasteiger partial charge in [-0.05, 0) is 42.0 Å². The van der Waals surface area contributed by atoms with Gasteiger partial charge in [-0.15, -0.1) is 0 Å². The predicted molar refractivity (Wildman–Crippen MR) is 102 cm³/mol. The van der Waals surface area contributed by atoms with Crippen LogP contribution >= 0.6 is 0 Å². The molecule has 126 valence electrons. The molecule has 0 bridgehead atoms. The molecule has 26 heavy (non-hydrogen) atoms. The van der Waals surface area contributed by atoms with Crippen molar-refractivity contribution in [3.8, 4) is 17.6 Å². The molecule has 2 aromatic carbocycles. The predicted octanol–water partition coefficient (Wildman–Crippen LogP) is 2.84. The van der Waals surface area contributed by atoms with Gasteiger partial charge in [0.25, 0.3) is 0 Å². The average Bonchev–Trinajstić information content (AvgIpc) is 3.08. The Morgan fingerprint density at radius 3 is 2.88 bits per heavy atom. The number of aromatic nitrogens is 2. The molecule has 0 fully saturated rings. The highest BCUT2D eigenvalue weighted by Crippen LogP contribution is 2.26. The van der Waals surface area contributed by atoms with Gasteiger partial charge in [0.05, 0.1) is 6.54 Å². The lowest BCUT2D eigenvalue weighted by Crippen LogP contribution is -2.00. The number of fused-ring (bicyclic) bond motifs is 1. The fourth-order valence-electron chi connectivity index (χ4n) is 2.72. The zero-order chi connectivity index (χ0) is 17.9. The molecule has 1 aliphatic rings. The number of aromatic hydroxyl groups is 1. The van der Waals surface area contributed by atoms with E-state index in [-0.39, 0.29) is 11.7 Å². The molecule has 2 heterocycles. The fraction of sp³-hybridized carbons (Fsp3) is 0.0500. The summed E-state index contributed by atoms with van der Waals surface area (Å²) in [5, 5.41) is 12.8. The SMILES string of the molecule is Nc1nccc(Nc2cc(C#Cc3cccc(O)c3)c3c(c2)C=NC3)n1. The molecule has 0 spiro atoms.